The lowest BCUT2D eigenvalue weighted by Crippen LogP contribution is -2.22. The van der Waals surface area contributed by atoms with Gasteiger partial charge in [0.05, 0.1) is 0 Å². The van der Waals surface area contributed by atoms with E-state index in [0.29, 0.717) is 17.5 Å². The minimum absolute atomic E-state index is 0.429. The van der Waals surface area contributed by atoms with Crippen molar-refractivity contribution in [3.63, 3.8) is 0 Å². The van der Waals surface area contributed by atoms with Crippen LogP contribution in [0.4, 0.5) is 0 Å². The quantitative estimate of drug-likeness (QED) is 0.650. The number of Topliss-reactive ketones (excluding diaryl/α,β-unsaturated/α-hetero) is 2. The van der Waals surface area contributed by atoms with E-state index >= 15 is 0 Å². The third kappa shape index (κ3) is 2.22. The van der Waals surface area contributed by atoms with Crippen LogP contribution in [0.2, 0.25) is 0 Å². The average molecular weight is 232 g/mol. The molecule has 0 aromatic heterocycles. The van der Waals surface area contributed by atoms with Crippen LogP contribution in [-0.2, 0) is 9.59 Å². The molecule has 3 rings (SSSR count). The largest absolute Gasteiger partial charge is 0.300 e. The molecule has 0 saturated heterocycles. The zero-order chi connectivity index (χ0) is 11.8. The van der Waals surface area contributed by atoms with Crippen LogP contribution in [0.1, 0.15) is 57.8 Å². The molecule has 3 aliphatic carbocycles. The van der Waals surface area contributed by atoms with E-state index in [1.54, 1.807) is 5.57 Å². The number of hydrogen-bond acceptors (Lipinski definition) is 2. The van der Waals surface area contributed by atoms with E-state index in [0.717, 1.165) is 50.9 Å². The first-order valence-corrected chi connectivity index (χ1v) is 6.95. The van der Waals surface area contributed by atoms with Crippen molar-refractivity contribution in [2.75, 3.05) is 0 Å². The summed E-state index contributed by atoms with van der Waals surface area (Å²) in [6, 6.07) is 0. The number of allylic oxidation sites excluding steroid dienone is 2. The van der Waals surface area contributed by atoms with E-state index in [2.05, 4.69) is 0 Å². The summed E-state index contributed by atoms with van der Waals surface area (Å²) in [5.41, 5.74) is 3.02. The van der Waals surface area contributed by atoms with E-state index in [-0.39, 0.29) is 0 Å². The van der Waals surface area contributed by atoms with Crippen LogP contribution >= 0.6 is 0 Å². The zero-order valence-electron chi connectivity index (χ0n) is 10.3. The van der Waals surface area contributed by atoms with Crippen LogP contribution in [0.25, 0.3) is 0 Å². The summed E-state index contributed by atoms with van der Waals surface area (Å²) in [7, 11) is 0. The Labute approximate surface area is 102 Å². The lowest BCUT2D eigenvalue weighted by molar-refractivity contribution is -0.119. The second-order valence-corrected chi connectivity index (χ2v) is 5.97. The molecule has 2 nitrogen and oxygen atoms in total. The van der Waals surface area contributed by atoms with Gasteiger partial charge in [-0.25, -0.2) is 0 Å². The van der Waals surface area contributed by atoms with Gasteiger partial charge in [-0.3, -0.25) is 9.59 Å². The summed E-state index contributed by atoms with van der Waals surface area (Å²) < 4.78 is 0. The van der Waals surface area contributed by atoms with Crippen molar-refractivity contribution >= 4 is 11.6 Å². The molecule has 0 N–H and O–H groups in total. The van der Waals surface area contributed by atoms with Gasteiger partial charge in [-0.1, -0.05) is 11.1 Å². The van der Waals surface area contributed by atoms with Crippen LogP contribution < -0.4 is 0 Å². The molecule has 0 aliphatic heterocycles. The Morgan fingerprint density at radius 2 is 1.47 bits per heavy atom. The van der Waals surface area contributed by atoms with Crippen LogP contribution in [0.5, 0.6) is 0 Å². The maximum absolute atomic E-state index is 11.4. The van der Waals surface area contributed by atoms with E-state index in [9.17, 15) is 9.59 Å². The summed E-state index contributed by atoms with van der Waals surface area (Å²) >= 11 is 0. The fourth-order valence-electron chi connectivity index (χ4n) is 3.86. The Bertz CT molecular complexity index is 392. The summed E-state index contributed by atoms with van der Waals surface area (Å²) in [6.07, 6.45) is 8.76. The van der Waals surface area contributed by atoms with Gasteiger partial charge in [0.25, 0.3) is 0 Å². The number of hydrogen-bond donors (Lipinski definition) is 0. The van der Waals surface area contributed by atoms with E-state index < -0.39 is 0 Å². The average Bonchev–Trinajstić information content (AvgIpc) is 2.75. The monoisotopic (exact) mass is 232 g/mol. The van der Waals surface area contributed by atoms with Gasteiger partial charge >= 0.3 is 0 Å². The summed E-state index contributed by atoms with van der Waals surface area (Å²) in [5, 5.41) is 0. The number of ketones is 2. The molecule has 0 aromatic rings. The van der Waals surface area contributed by atoms with Gasteiger partial charge in [-0.2, -0.15) is 0 Å². The predicted molar refractivity (Wildman–Crippen MR) is 65.6 cm³/mol. The van der Waals surface area contributed by atoms with Gasteiger partial charge in [0, 0.05) is 25.7 Å². The molecular formula is C15H20O2. The standard InChI is InChI=1S/C15H20O2/c16-14-5-3-11-7-10(1-2-12(11)8-14)13-4-6-15(17)9-13/h10,13H,1-9H2/t10-,13+/m0/s1. The van der Waals surface area contributed by atoms with Crippen molar-refractivity contribution in [3.05, 3.63) is 11.1 Å². The molecule has 2 heteroatoms. The molecular weight excluding hydrogens is 212 g/mol. The maximum atomic E-state index is 11.4. The normalized spacial score (nSPS) is 34.1. The van der Waals surface area contributed by atoms with Crippen molar-refractivity contribution < 1.29 is 9.59 Å². The second-order valence-electron chi connectivity index (χ2n) is 5.97. The fourth-order valence-corrected chi connectivity index (χ4v) is 3.86. The molecule has 92 valence electrons. The van der Waals surface area contributed by atoms with Crippen molar-refractivity contribution in [3.8, 4) is 0 Å². The summed E-state index contributed by atoms with van der Waals surface area (Å²) in [6.45, 7) is 0. The molecule has 3 aliphatic rings. The van der Waals surface area contributed by atoms with E-state index in [1.807, 2.05) is 0 Å². The third-order valence-corrected chi connectivity index (χ3v) is 4.89. The molecule has 1 fully saturated rings. The first-order chi connectivity index (χ1) is 8.22. The minimum atomic E-state index is 0.429. The summed E-state index contributed by atoms with van der Waals surface area (Å²) in [4.78, 5) is 22.8. The molecule has 17 heavy (non-hydrogen) atoms. The molecule has 0 unspecified atom stereocenters. The smallest absolute Gasteiger partial charge is 0.137 e. The molecule has 2 atom stereocenters. The SMILES string of the molecule is O=C1CCC2=C(CC[C@H]([C@@H]3CCC(=O)C3)C2)C1. The molecule has 0 amide bonds. The Morgan fingerprint density at radius 3 is 2.24 bits per heavy atom. The van der Waals surface area contributed by atoms with Gasteiger partial charge in [-0.15, -0.1) is 0 Å². The number of rotatable bonds is 1. The first-order valence-electron chi connectivity index (χ1n) is 6.95. The van der Waals surface area contributed by atoms with Crippen molar-refractivity contribution in [1.29, 1.82) is 0 Å². The van der Waals surface area contributed by atoms with E-state index in [4.69, 9.17) is 0 Å². The number of carbonyl (C=O) groups excluding carboxylic acids is 2. The Morgan fingerprint density at radius 1 is 0.706 bits per heavy atom. The van der Waals surface area contributed by atoms with Gasteiger partial charge in [0.15, 0.2) is 0 Å². The van der Waals surface area contributed by atoms with Gasteiger partial charge in [-0.05, 0) is 43.9 Å². The lowest BCUT2D eigenvalue weighted by Gasteiger charge is -2.32. The van der Waals surface area contributed by atoms with Crippen molar-refractivity contribution in [2.45, 2.75) is 57.8 Å². The Hall–Kier alpha value is -0.920. The highest BCUT2D eigenvalue weighted by molar-refractivity contribution is 5.83. The predicted octanol–water partition coefficient (Wildman–Crippen LogP) is 3.21. The van der Waals surface area contributed by atoms with Crippen molar-refractivity contribution in [2.24, 2.45) is 11.8 Å². The highest BCUT2D eigenvalue weighted by Gasteiger charge is 2.33. The highest BCUT2D eigenvalue weighted by Crippen LogP contribution is 2.43. The van der Waals surface area contributed by atoms with Crippen LogP contribution in [-0.4, -0.2) is 11.6 Å². The fraction of sp³-hybridized carbons (Fsp3) is 0.733. The lowest BCUT2D eigenvalue weighted by atomic mass is 9.72. The third-order valence-electron chi connectivity index (χ3n) is 4.89. The zero-order valence-corrected chi connectivity index (χ0v) is 10.3. The van der Waals surface area contributed by atoms with E-state index in [1.165, 1.54) is 18.4 Å². The highest BCUT2D eigenvalue weighted by atomic mass is 16.1. The van der Waals surface area contributed by atoms with Gasteiger partial charge < -0.3 is 0 Å². The topological polar surface area (TPSA) is 34.1 Å². The molecule has 0 aromatic carbocycles. The molecule has 0 bridgehead atoms. The van der Waals surface area contributed by atoms with Gasteiger partial charge in [0.2, 0.25) is 0 Å². The first kappa shape index (κ1) is 11.2. The molecule has 0 radical (unpaired) electrons. The summed E-state index contributed by atoms with van der Waals surface area (Å²) in [5.74, 6) is 2.27. The molecule has 1 saturated carbocycles. The van der Waals surface area contributed by atoms with Crippen molar-refractivity contribution in [1.82, 2.24) is 0 Å². The Kier molecular flexibility index (Phi) is 2.89. The number of carbonyl (C=O) groups is 2. The molecule has 0 heterocycles. The van der Waals surface area contributed by atoms with Crippen LogP contribution in [0, 0.1) is 11.8 Å². The Balaban J connectivity index is 1.69. The maximum Gasteiger partial charge on any atom is 0.137 e. The molecule has 0 spiro atoms. The van der Waals surface area contributed by atoms with Crippen LogP contribution in [0.3, 0.4) is 0 Å². The minimum Gasteiger partial charge on any atom is -0.300 e. The van der Waals surface area contributed by atoms with Crippen LogP contribution in [0.15, 0.2) is 11.1 Å². The second kappa shape index (κ2) is 4.40. The van der Waals surface area contributed by atoms with Gasteiger partial charge in [0.1, 0.15) is 11.6 Å².